The maximum atomic E-state index is 12.6. The number of aryl methyl sites for hydroxylation is 1. The van der Waals surface area contributed by atoms with Crippen LogP contribution in [-0.2, 0) is 20.8 Å². The summed E-state index contributed by atoms with van der Waals surface area (Å²) in [7, 11) is 0. The fourth-order valence-corrected chi connectivity index (χ4v) is 3.79. The highest BCUT2D eigenvalue weighted by Gasteiger charge is 2.28. The van der Waals surface area contributed by atoms with Gasteiger partial charge in [-0.3, -0.25) is 14.4 Å². The van der Waals surface area contributed by atoms with Gasteiger partial charge in [0.1, 0.15) is 5.78 Å². The molecule has 5 heteroatoms. The average Bonchev–Trinajstić information content (AvgIpc) is 2.72. The van der Waals surface area contributed by atoms with E-state index in [1.54, 1.807) is 0 Å². The first-order chi connectivity index (χ1) is 12.7. The SMILES string of the molecule is O=C(CCc1ccccc1)C1CCCN(C(=O)CCN2CCCCO2)C1. The molecule has 0 aliphatic carbocycles. The van der Waals surface area contributed by atoms with Crippen molar-refractivity contribution in [1.29, 1.82) is 0 Å². The molecule has 1 unspecified atom stereocenters. The van der Waals surface area contributed by atoms with Crippen molar-refractivity contribution < 1.29 is 14.4 Å². The van der Waals surface area contributed by atoms with Crippen molar-refractivity contribution >= 4 is 11.7 Å². The van der Waals surface area contributed by atoms with Crippen molar-refractivity contribution in [3.05, 3.63) is 35.9 Å². The van der Waals surface area contributed by atoms with Crippen molar-refractivity contribution in [2.24, 2.45) is 5.92 Å². The van der Waals surface area contributed by atoms with Gasteiger partial charge in [-0.25, -0.2) is 0 Å². The van der Waals surface area contributed by atoms with E-state index in [0.29, 0.717) is 31.7 Å². The Morgan fingerprint density at radius 1 is 1.04 bits per heavy atom. The van der Waals surface area contributed by atoms with Crippen LogP contribution in [0.4, 0.5) is 0 Å². The van der Waals surface area contributed by atoms with Crippen molar-refractivity contribution in [2.45, 2.75) is 44.9 Å². The molecule has 0 saturated carbocycles. The lowest BCUT2D eigenvalue weighted by Gasteiger charge is -2.33. The first-order valence-electron chi connectivity index (χ1n) is 9.94. The average molecular weight is 358 g/mol. The molecule has 2 aliphatic rings. The fourth-order valence-electron chi connectivity index (χ4n) is 3.79. The Morgan fingerprint density at radius 2 is 1.88 bits per heavy atom. The standard InChI is InChI=1S/C21H30N2O3/c24-20(11-10-18-7-2-1-3-8-18)19-9-6-13-22(17-19)21(25)12-15-23-14-4-5-16-26-23/h1-3,7-8,19H,4-6,9-17H2. The molecule has 0 aromatic heterocycles. The zero-order chi connectivity index (χ0) is 18.2. The summed E-state index contributed by atoms with van der Waals surface area (Å²) in [5, 5.41) is 1.91. The van der Waals surface area contributed by atoms with Crippen LogP contribution in [0.1, 0.15) is 44.1 Å². The second-order valence-electron chi connectivity index (χ2n) is 7.35. The van der Waals surface area contributed by atoms with Gasteiger partial charge >= 0.3 is 0 Å². The van der Waals surface area contributed by atoms with Gasteiger partial charge < -0.3 is 4.90 Å². The largest absolute Gasteiger partial charge is 0.342 e. The summed E-state index contributed by atoms with van der Waals surface area (Å²) in [6.07, 6.45) is 5.90. The number of amides is 1. The first kappa shape index (κ1) is 19.1. The summed E-state index contributed by atoms with van der Waals surface area (Å²) in [6, 6.07) is 10.1. The molecular formula is C21H30N2O3. The minimum atomic E-state index is 0.00245. The number of hydrogen-bond acceptors (Lipinski definition) is 4. The highest BCUT2D eigenvalue weighted by molar-refractivity contribution is 5.83. The second-order valence-corrected chi connectivity index (χ2v) is 7.35. The van der Waals surface area contributed by atoms with Crippen molar-refractivity contribution in [1.82, 2.24) is 9.96 Å². The number of carbonyl (C=O) groups excluding carboxylic acids is 2. The number of nitrogens with zero attached hydrogens (tertiary/aromatic N) is 2. The molecular weight excluding hydrogens is 328 g/mol. The summed E-state index contributed by atoms with van der Waals surface area (Å²) >= 11 is 0. The summed E-state index contributed by atoms with van der Waals surface area (Å²) in [5.74, 6) is 0.452. The Labute approximate surface area is 156 Å². The maximum Gasteiger partial charge on any atom is 0.223 e. The molecule has 0 N–H and O–H groups in total. The third-order valence-electron chi connectivity index (χ3n) is 5.38. The van der Waals surface area contributed by atoms with Crippen molar-refractivity contribution in [2.75, 3.05) is 32.8 Å². The van der Waals surface area contributed by atoms with E-state index in [2.05, 4.69) is 12.1 Å². The maximum absolute atomic E-state index is 12.6. The molecule has 2 heterocycles. The molecule has 1 atom stereocenters. The monoisotopic (exact) mass is 358 g/mol. The normalized spacial score (nSPS) is 21.5. The molecule has 5 nitrogen and oxygen atoms in total. The van der Waals surface area contributed by atoms with Gasteiger partial charge in [-0.2, -0.15) is 5.06 Å². The number of hydrogen-bond donors (Lipinski definition) is 0. The Morgan fingerprint density at radius 3 is 2.65 bits per heavy atom. The van der Waals surface area contributed by atoms with Crippen molar-refractivity contribution in [3.8, 4) is 0 Å². The lowest BCUT2D eigenvalue weighted by atomic mass is 9.90. The van der Waals surface area contributed by atoms with Gasteiger partial charge in [0.2, 0.25) is 5.91 Å². The second kappa shape index (κ2) is 9.83. The molecule has 1 amide bonds. The summed E-state index contributed by atoms with van der Waals surface area (Å²) in [6.45, 7) is 3.70. The van der Waals surface area contributed by atoms with E-state index < -0.39 is 0 Å². The molecule has 3 rings (SSSR count). The topological polar surface area (TPSA) is 49.9 Å². The molecule has 1 aromatic carbocycles. The zero-order valence-electron chi connectivity index (χ0n) is 15.6. The fraction of sp³-hybridized carbons (Fsp3) is 0.619. The quantitative estimate of drug-likeness (QED) is 0.752. The number of rotatable bonds is 7. The van der Waals surface area contributed by atoms with E-state index in [9.17, 15) is 9.59 Å². The van der Waals surface area contributed by atoms with Crippen LogP contribution in [0, 0.1) is 5.92 Å². The highest BCUT2D eigenvalue weighted by atomic mass is 16.7. The van der Waals surface area contributed by atoms with Crippen LogP contribution in [0.15, 0.2) is 30.3 Å². The number of ketones is 1. The Balaban J connectivity index is 1.42. The Kier molecular flexibility index (Phi) is 7.21. The van der Waals surface area contributed by atoms with E-state index in [4.69, 9.17) is 4.84 Å². The van der Waals surface area contributed by atoms with Crippen LogP contribution < -0.4 is 0 Å². The third-order valence-corrected chi connectivity index (χ3v) is 5.38. The lowest BCUT2D eigenvalue weighted by Crippen LogP contribution is -2.43. The first-order valence-corrected chi connectivity index (χ1v) is 9.94. The third kappa shape index (κ3) is 5.64. The van der Waals surface area contributed by atoms with Crippen LogP contribution in [0.2, 0.25) is 0 Å². The van der Waals surface area contributed by atoms with Gasteiger partial charge in [0.15, 0.2) is 0 Å². The summed E-state index contributed by atoms with van der Waals surface area (Å²) in [4.78, 5) is 32.5. The van der Waals surface area contributed by atoms with E-state index in [0.717, 1.165) is 51.8 Å². The van der Waals surface area contributed by atoms with Gasteiger partial charge in [0.05, 0.1) is 6.61 Å². The number of carbonyl (C=O) groups is 2. The van der Waals surface area contributed by atoms with E-state index in [1.807, 2.05) is 28.2 Å². The van der Waals surface area contributed by atoms with E-state index in [-0.39, 0.29) is 11.8 Å². The van der Waals surface area contributed by atoms with Crippen LogP contribution in [0.25, 0.3) is 0 Å². The lowest BCUT2D eigenvalue weighted by molar-refractivity contribution is -0.182. The minimum Gasteiger partial charge on any atom is -0.342 e. The molecule has 2 saturated heterocycles. The zero-order valence-corrected chi connectivity index (χ0v) is 15.6. The van der Waals surface area contributed by atoms with E-state index >= 15 is 0 Å². The predicted molar refractivity (Wildman–Crippen MR) is 100 cm³/mol. The number of piperidine rings is 1. The van der Waals surface area contributed by atoms with Gasteiger partial charge in [-0.1, -0.05) is 30.3 Å². The number of hydroxylamine groups is 2. The van der Waals surface area contributed by atoms with Crippen LogP contribution in [0.3, 0.4) is 0 Å². The molecule has 0 radical (unpaired) electrons. The smallest absolute Gasteiger partial charge is 0.223 e. The van der Waals surface area contributed by atoms with Crippen LogP contribution in [-0.4, -0.2) is 54.4 Å². The van der Waals surface area contributed by atoms with Crippen LogP contribution >= 0.6 is 0 Å². The van der Waals surface area contributed by atoms with Gasteiger partial charge in [-0.15, -0.1) is 0 Å². The number of benzene rings is 1. The Hall–Kier alpha value is -1.72. The molecule has 2 fully saturated rings. The minimum absolute atomic E-state index is 0.00245. The molecule has 1 aromatic rings. The van der Waals surface area contributed by atoms with Crippen LogP contribution in [0.5, 0.6) is 0 Å². The molecule has 0 spiro atoms. The summed E-state index contributed by atoms with van der Waals surface area (Å²) < 4.78 is 0. The molecule has 0 bridgehead atoms. The number of likely N-dealkylation sites (tertiary alicyclic amines) is 1. The van der Waals surface area contributed by atoms with Crippen molar-refractivity contribution in [3.63, 3.8) is 0 Å². The van der Waals surface area contributed by atoms with Gasteiger partial charge in [0, 0.05) is 44.9 Å². The summed E-state index contributed by atoms with van der Waals surface area (Å²) in [5.41, 5.74) is 1.20. The van der Waals surface area contributed by atoms with Gasteiger partial charge in [0.25, 0.3) is 0 Å². The predicted octanol–water partition coefficient (Wildman–Crippen LogP) is 2.84. The Bertz CT molecular complexity index is 584. The number of Topliss-reactive ketones (excluding diaryl/α,β-unsaturated/α-hetero) is 1. The molecule has 26 heavy (non-hydrogen) atoms. The van der Waals surface area contributed by atoms with E-state index in [1.165, 1.54) is 5.56 Å². The van der Waals surface area contributed by atoms with Gasteiger partial charge in [-0.05, 0) is 37.7 Å². The molecule has 142 valence electrons. The highest BCUT2D eigenvalue weighted by Crippen LogP contribution is 2.20. The molecule has 2 aliphatic heterocycles.